The molecular weight excluding hydrogens is 247 g/mol. The number of para-hydroxylation sites is 1. The Kier molecular flexibility index (Phi) is 2.21. The summed E-state index contributed by atoms with van der Waals surface area (Å²) >= 11 is -3.47. The summed E-state index contributed by atoms with van der Waals surface area (Å²) < 4.78 is 20.8. The first-order chi connectivity index (χ1) is 4.72. The van der Waals surface area contributed by atoms with Crippen LogP contribution in [0.2, 0.25) is 0 Å². The van der Waals surface area contributed by atoms with Crippen molar-refractivity contribution in [2.45, 2.75) is 0 Å². The molecule has 0 saturated carbocycles. The highest BCUT2D eigenvalue weighted by Gasteiger charge is 2.02. The van der Waals surface area contributed by atoms with Gasteiger partial charge in [-0.05, 0) is 12.1 Å². The number of rotatable bonds is 1. The molecule has 0 saturated heterocycles. The van der Waals surface area contributed by atoms with E-state index in [0.717, 1.165) is 0 Å². The lowest BCUT2D eigenvalue weighted by molar-refractivity contribution is 0.471. The predicted octanol–water partition coefficient (Wildman–Crippen LogP) is 1.76. The van der Waals surface area contributed by atoms with Crippen LogP contribution in [-0.2, 0) is 6.14 Å². The minimum absolute atomic E-state index is 0.0618. The van der Waals surface area contributed by atoms with E-state index in [-0.39, 0.29) is 9.32 Å². The lowest BCUT2D eigenvalue weighted by Gasteiger charge is -1.90. The van der Waals surface area contributed by atoms with Crippen LogP contribution in [0.5, 0.6) is 5.75 Å². The molecule has 0 spiro atoms. The lowest BCUT2D eigenvalue weighted by Crippen LogP contribution is -1.71. The van der Waals surface area contributed by atoms with Crippen molar-refractivity contribution >= 4 is 19.8 Å². The van der Waals surface area contributed by atoms with Gasteiger partial charge in [-0.15, -0.1) is 0 Å². The zero-order valence-electron chi connectivity index (χ0n) is 4.95. The SMILES string of the molecule is O=I(=O)c1ccccc1O. The quantitative estimate of drug-likeness (QED) is 0.774. The van der Waals surface area contributed by atoms with Gasteiger partial charge in [-0.2, -0.15) is 0 Å². The molecule has 1 aromatic rings. The third-order valence-corrected chi connectivity index (χ3v) is 2.88. The fourth-order valence-corrected chi connectivity index (χ4v) is 1.71. The van der Waals surface area contributed by atoms with Gasteiger partial charge in [0.1, 0.15) is 9.32 Å². The van der Waals surface area contributed by atoms with Gasteiger partial charge >= 0.3 is 19.8 Å². The molecule has 0 atom stereocenters. The third-order valence-electron chi connectivity index (χ3n) is 1.02. The molecule has 0 radical (unpaired) electrons. The predicted molar refractivity (Wildman–Crippen MR) is 42.2 cm³/mol. The first kappa shape index (κ1) is 7.46. The fourth-order valence-electron chi connectivity index (χ4n) is 0.582. The topological polar surface area (TPSA) is 54.4 Å². The van der Waals surface area contributed by atoms with E-state index >= 15 is 0 Å². The summed E-state index contributed by atoms with van der Waals surface area (Å²) in [6.45, 7) is 0. The van der Waals surface area contributed by atoms with Crippen LogP contribution in [0.1, 0.15) is 0 Å². The molecule has 0 unspecified atom stereocenters. The summed E-state index contributed by atoms with van der Waals surface area (Å²) in [4.78, 5) is 0. The number of halogens is 1. The van der Waals surface area contributed by atoms with E-state index < -0.39 is 19.8 Å². The van der Waals surface area contributed by atoms with Crippen molar-refractivity contribution in [3.63, 3.8) is 0 Å². The van der Waals surface area contributed by atoms with Crippen LogP contribution in [0.4, 0.5) is 0 Å². The van der Waals surface area contributed by atoms with E-state index in [2.05, 4.69) is 0 Å². The maximum absolute atomic E-state index is 10.4. The van der Waals surface area contributed by atoms with E-state index in [0.29, 0.717) is 0 Å². The normalized spacial score (nSPS) is 10.1. The van der Waals surface area contributed by atoms with Crippen molar-refractivity contribution in [1.82, 2.24) is 0 Å². The molecule has 0 fully saturated rings. The fraction of sp³-hybridized carbons (Fsp3) is 0. The van der Waals surface area contributed by atoms with E-state index in [1.807, 2.05) is 0 Å². The maximum Gasteiger partial charge on any atom is 0.344 e. The van der Waals surface area contributed by atoms with Gasteiger partial charge in [0.05, 0.1) is 0 Å². The molecule has 0 aliphatic carbocycles. The summed E-state index contributed by atoms with van der Waals surface area (Å²) in [6, 6.07) is 5.91. The molecule has 0 aliphatic heterocycles. The molecule has 0 bridgehead atoms. The van der Waals surface area contributed by atoms with Crippen molar-refractivity contribution in [3.8, 4) is 5.75 Å². The van der Waals surface area contributed by atoms with Crippen molar-refractivity contribution in [2.75, 3.05) is 0 Å². The molecule has 0 aliphatic rings. The van der Waals surface area contributed by atoms with Gasteiger partial charge in [0.2, 0.25) is 0 Å². The van der Waals surface area contributed by atoms with Crippen LogP contribution in [0.25, 0.3) is 0 Å². The van der Waals surface area contributed by atoms with Gasteiger partial charge in [0, 0.05) is 0 Å². The number of benzene rings is 1. The molecule has 1 aromatic carbocycles. The van der Waals surface area contributed by atoms with Crippen LogP contribution in [-0.4, -0.2) is 5.11 Å². The van der Waals surface area contributed by atoms with Gasteiger partial charge < -0.3 is 5.11 Å². The molecule has 10 heavy (non-hydrogen) atoms. The summed E-state index contributed by atoms with van der Waals surface area (Å²) in [7, 11) is 0. The molecule has 0 aromatic heterocycles. The molecular formula is C6H5IO3. The second kappa shape index (κ2) is 2.96. The van der Waals surface area contributed by atoms with Crippen LogP contribution < -0.4 is 0 Å². The molecule has 3 nitrogen and oxygen atoms in total. The highest BCUT2D eigenvalue weighted by Crippen LogP contribution is 2.25. The van der Waals surface area contributed by atoms with Crippen LogP contribution >= 0.6 is 19.8 Å². The van der Waals surface area contributed by atoms with Crippen LogP contribution in [0.15, 0.2) is 24.3 Å². The zero-order valence-corrected chi connectivity index (χ0v) is 7.11. The van der Waals surface area contributed by atoms with Gasteiger partial charge in [0.15, 0.2) is 0 Å². The van der Waals surface area contributed by atoms with E-state index in [9.17, 15) is 6.14 Å². The number of hydrogen-bond acceptors (Lipinski definition) is 3. The standard InChI is InChI=1S/C6H5IO3/c8-6-4-2-1-3-5(6)7(9)10/h1-4,8H. The third kappa shape index (κ3) is 1.44. The Balaban J connectivity index is 3.28. The average molecular weight is 252 g/mol. The second-order valence-corrected chi connectivity index (χ2v) is 4.07. The van der Waals surface area contributed by atoms with Crippen molar-refractivity contribution in [1.29, 1.82) is 0 Å². The molecule has 0 heterocycles. The van der Waals surface area contributed by atoms with E-state index in [4.69, 9.17) is 5.11 Å². The van der Waals surface area contributed by atoms with Gasteiger partial charge in [0.25, 0.3) is 0 Å². The minimum Gasteiger partial charge on any atom is -0.507 e. The van der Waals surface area contributed by atoms with Crippen molar-refractivity contribution in [2.24, 2.45) is 0 Å². The largest absolute Gasteiger partial charge is 0.507 e. The zero-order chi connectivity index (χ0) is 7.56. The molecule has 4 heteroatoms. The second-order valence-electron chi connectivity index (χ2n) is 1.67. The Bertz CT molecular complexity index is 296. The van der Waals surface area contributed by atoms with Crippen LogP contribution in [0.3, 0.4) is 0 Å². The van der Waals surface area contributed by atoms with Crippen LogP contribution in [0, 0.1) is 3.57 Å². The molecule has 0 amide bonds. The Morgan fingerprint density at radius 1 is 1.20 bits per heavy atom. The number of phenolic OH excluding ortho intramolecular Hbond substituents is 1. The lowest BCUT2D eigenvalue weighted by atomic mass is 10.3. The highest BCUT2D eigenvalue weighted by atomic mass is 127. The van der Waals surface area contributed by atoms with E-state index in [1.165, 1.54) is 12.1 Å². The minimum atomic E-state index is -3.47. The van der Waals surface area contributed by atoms with Crippen molar-refractivity contribution < 1.29 is 11.2 Å². The van der Waals surface area contributed by atoms with E-state index in [1.54, 1.807) is 12.1 Å². The number of hydrogen-bond donors (Lipinski definition) is 1. The van der Waals surface area contributed by atoms with Gasteiger partial charge in [-0.3, -0.25) is 0 Å². The Morgan fingerprint density at radius 2 is 1.80 bits per heavy atom. The molecule has 1 rings (SSSR count). The number of aromatic hydroxyl groups is 1. The van der Waals surface area contributed by atoms with Gasteiger partial charge in [-0.25, -0.2) is 6.14 Å². The Labute approximate surface area is 64.8 Å². The first-order valence-electron chi connectivity index (χ1n) is 2.55. The molecule has 54 valence electrons. The Hall–Kier alpha value is -0.650. The monoisotopic (exact) mass is 252 g/mol. The highest BCUT2D eigenvalue weighted by molar-refractivity contribution is 14.2. The maximum atomic E-state index is 10.4. The Morgan fingerprint density at radius 3 is 2.20 bits per heavy atom. The summed E-state index contributed by atoms with van der Waals surface area (Å²) in [6.07, 6.45) is 0. The molecule has 1 N–H and O–H groups in total. The summed E-state index contributed by atoms with van der Waals surface area (Å²) in [5.41, 5.74) is 0. The first-order valence-corrected chi connectivity index (χ1v) is 5.39. The average Bonchev–Trinajstić information content (AvgIpc) is 1.88. The summed E-state index contributed by atoms with van der Waals surface area (Å²) in [5.74, 6) is -0.155. The van der Waals surface area contributed by atoms with Crippen molar-refractivity contribution in [3.05, 3.63) is 27.8 Å². The number of phenols is 1. The summed E-state index contributed by atoms with van der Waals surface area (Å²) in [5, 5.41) is 8.92. The van der Waals surface area contributed by atoms with Gasteiger partial charge in [-0.1, -0.05) is 12.1 Å². The smallest absolute Gasteiger partial charge is 0.344 e.